The maximum Gasteiger partial charge on any atom is 0.308 e. The molecule has 3 aromatic carbocycles. The zero-order valence-corrected chi connectivity index (χ0v) is 25.4. The monoisotopic (exact) mass is 690 g/mol. The van der Waals surface area contributed by atoms with Gasteiger partial charge in [0.15, 0.2) is 0 Å². The molecule has 0 aliphatic heterocycles. The summed E-state index contributed by atoms with van der Waals surface area (Å²) in [6, 6.07) is 7.78. The summed E-state index contributed by atoms with van der Waals surface area (Å²) in [7, 11) is -2.12. The van der Waals surface area contributed by atoms with Gasteiger partial charge in [0.1, 0.15) is 17.2 Å². The molecule has 0 saturated carbocycles. The Kier molecular flexibility index (Phi) is 7.41. The van der Waals surface area contributed by atoms with Crippen molar-refractivity contribution in [2.24, 2.45) is 0 Å². The average Bonchev–Trinajstić information content (AvgIpc) is 2.65. The van der Waals surface area contributed by atoms with Crippen molar-refractivity contribution >= 4 is 87.0 Å². The lowest BCUT2D eigenvalue weighted by Crippen LogP contribution is -2.44. The number of ether oxygens (including phenoxy) is 2. The van der Waals surface area contributed by atoms with E-state index < -0.39 is 20.3 Å². The van der Waals surface area contributed by atoms with E-state index in [4.69, 9.17) is 13.9 Å². The number of fused-ring (bicyclic) bond motifs is 2. The lowest BCUT2D eigenvalue weighted by molar-refractivity contribution is -0.132. The Balaban J connectivity index is 2.46. The van der Waals surface area contributed by atoms with Crippen molar-refractivity contribution in [3.05, 3.63) is 37.0 Å². The Labute approximate surface area is 223 Å². The van der Waals surface area contributed by atoms with E-state index in [2.05, 4.69) is 79.0 Å². The molecular weight excluding hydrogens is 662 g/mol. The molecule has 3 aromatic rings. The Bertz CT molecular complexity index is 1290. The molecule has 0 spiro atoms. The van der Waals surface area contributed by atoms with E-state index in [1.165, 1.54) is 13.8 Å². The third kappa shape index (κ3) is 5.32. The largest absolute Gasteiger partial charge is 0.543 e. The first-order valence-corrected chi connectivity index (χ1v) is 15.6. The molecule has 0 bridgehead atoms. The lowest BCUT2D eigenvalue weighted by Gasteiger charge is -2.36. The van der Waals surface area contributed by atoms with Gasteiger partial charge in [-0.05, 0) is 100 Å². The topological polar surface area (TPSA) is 61.8 Å². The average molecular weight is 690 g/mol. The molecule has 176 valence electrons. The van der Waals surface area contributed by atoms with Crippen LogP contribution in [-0.2, 0) is 9.59 Å². The predicted molar refractivity (Wildman–Crippen MR) is 152 cm³/mol. The quantitative estimate of drug-likeness (QED) is 0.0922. The number of aryl methyl sites for hydroxylation is 1. The number of benzene rings is 3. The molecular formula is C25H28I2O5Si. The summed E-state index contributed by atoms with van der Waals surface area (Å²) in [6.45, 7) is 15.7. The van der Waals surface area contributed by atoms with Crippen LogP contribution in [0.15, 0.2) is 24.3 Å². The zero-order chi connectivity index (χ0) is 24.9. The van der Waals surface area contributed by atoms with Crippen molar-refractivity contribution in [3.63, 3.8) is 0 Å². The van der Waals surface area contributed by atoms with E-state index >= 15 is 0 Å². The Hall–Kier alpha value is -1.40. The highest BCUT2D eigenvalue weighted by Gasteiger charge is 2.39. The Morgan fingerprint density at radius 3 is 1.67 bits per heavy atom. The van der Waals surface area contributed by atoms with E-state index in [0.717, 1.165) is 23.8 Å². The SMILES string of the molecule is CC(=O)Oc1c2cc(C)c(I)cc2c(OC(C)=O)c2cc(O[Si](C)(C)C(C)(C)C)c(I)cc12. The number of carbonyl (C=O) groups is 2. The zero-order valence-electron chi connectivity index (χ0n) is 20.1. The Morgan fingerprint density at radius 2 is 1.21 bits per heavy atom. The van der Waals surface area contributed by atoms with E-state index in [1.807, 2.05) is 31.2 Å². The van der Waals surface area contributed by atoms with Crippen molar-refractivity contribution in [2.45, 2.75) is 59.7 Å². The van der Waals surface area contributed by atoms with Gasteiger partial charge in [0.2, 0.25) is 0 Å². The number of hydrogen-bond donors (Lipinski definition) is 0. The lowest BCUT2D eigenvalue weighted by atomic mass is 9.98. The fourth-order valence-electron chi connectivity index (χ4n) is 3.29. The maximum atomic E-state index is 12.1. The molecule has 0 unspecified atom stereocenters. The van der Waals surface area contributed by atoms with E-state index in [-0.39, 0.29) is 5.04 Å². The molecule has 33 heavy (non-hydrogen) atoms. The molecule has 0 aromatic heterocycles. The highest BCUT2D eigenvalue weighted by Crippen LogP contribution is 2.47. The molecule has 0 aliphatic rings. The van der Waals surface area contributed by atoms with Gasteiger partial charge in [0, 0.05) is 39.0 Å². The maximum absolute atomic E-state index is 12.1. The summed E-state index contributed by atoms with van der Waals surface area (Å²) in [4.78, 5) is 24.1. The van der Waals surface area contributed by atoms with Gasteiger partial charge in [0.05, 0.1) is 3.57 Å². The van der Waals surface area contributed by atoms with E-state index in [0.29, 0.717) is 27.7 Å². The van der Waals surface area contributed by atoms with Gasteiger partial charge in [0.25, 0.3) is 8.32 Å². The van der Waals surface area contributed by atoms with Gasteiger partial charge < -0.3 is 13.9 Å². The van der Waals surface area contributed by atoms with Gasteiger partial charge in [-0.25, -0.2) is 0 Å². The summed E-state index contributed by atoms with van der Waals surface area (Å²) in [6.07, 6.45) is 0. The minimum atomic E-state index is -2.12. The molecule has 0 N–H and O–H groups in total. The fraction of sp³-hybridized carbons (Fsp3) is 0.360. The first kappa shape index (κ1) is 26.2. The number of rotatable bonds is 4. The van der Waals surface area contributed by atoms with Crippen LogP contribution in [0.4, 0.5) is 0 Å². The number of esters is 2. The van der Waals surface area contributed by atoms with Crippen LogP contribution >= 0.6 is 45.2 Å². The van der Waals surface area contributed by atoms with Gasteiger partial charge in [-0.3, -0.25) is 9.59 Å². The van der Waals surface area contributed by atoms with Crippen LogP contribution in [0.2, 0.25) is 18.1 Å². The van der Waals surface area contributed by atoms with E-state index in [1.54, 1.807) is 0 Å². The fourth-order valence-corrected chi connectivity index (χ4v) is 5.57. The normalized spacial score (nSPS) is 12.2. The summed E-state index contributed by atoms with van der Waals surface area (Å²) < 4.78 is 20.0. The van der Waals surface area contributed by atoms with E-state index in [9.17, 15) is 9.59 Å². The molecule has 0 radical (unpaired) electrons. The van der Waals surface area contributed by atoms with Crippen molar-refractivity contribution < 1.29 is 23.5 Å². The molecule has 0 amide bonds. The standard InChI is InChI=1S/C25H28I2O5Si/c1-13-9-16-17(10-20(13)26)24(31-15(3)29)19-12-22(32-33(7,8)25(4,5)6)21(27)11-18(19)23(16)30-14(2)28/h9-12H,1-8H3. The van der Waals surface area contributed by atoms with Crippen LogP contribution in [0.1, 0.15) is 40.2 Å². The first-order chi connectivity index (χ1) is 15.1. The number of carbonyl (C=O) groups excluding carboxylic acids is 2. The highest BCUT2D eigenvalue weighted by atomic mass is 127. The molecule has 0 fully saturated rings. The summed E-state index contributed by atoms with van der Waals surface area (Å²) >= 11 is 4.50. The van der Waals surface area contributed by atoms with Crippen LogP contribution in [0, 0.1) is 14.1 Å². The van der Waals surface area contributed by atoms with Crippen LogP contribution < -0.4 is 13.9 Å². The molecule has 0 atom stereocenters. The Morgan fingerprint density at radius 1 is 0.788 bits per heavy atom. The molecule has 8 heteroatoms. The summed E-state index contributed by atoms with van der Waals surface area (Å²) in [5, 5.41) is 2.82. The van der Waals surface area contributed by atoms with Crippen molar-refractivity contribution in [1.82, 2.24) is 0 Å². The van der Waals surface area contributed by atoms with Crippen molar-refractivity contribution in [2.75, 3.05) is 0 Å². The number of hydrogen-bond acceptors (Lipinski definition) is 5. The van der Waals surface area contributed by atoms with Crippen LogP contribution in [0.5, 0.6) is 17.2 Å². The van der Waals surface area contributed by atoms with Gasteiger partial charge in [-0.15, -0.1) is 0 Å². The minimum absolute atomic E-state index is 0.0175. The van der Waals surface area contributed by atoms with Crippen molar-refractivity contribution in [1.29, 1.82) is 0 Å². The molecule has 5 nitrogen and oxygen atoms in total. The summed E-state index contributed by atoms with van der Waals surface area (Å²) in [5.41, 5.74) is 1.04. The second-order valence-electron chi connectivity index (χ2n) is 9.68. The number of halogens is 2. The molecule has 0 heterocycles. The van der Waals surface area contributed by atoms with Crippen LogP contribution in [-0.4, -0.2) is 20.3 Å². The van der Waals surface area contributed by atoms with Gasteiger partial charge in [-0.1, -0.05) is 20.8 Å². The second-order valence-corrected chi connectivity index (χ2v) is 16.7. The predicted octanol–water partition coefficient (Wildman–Crippen LogP) is 7.75. The second kappa shape index (κ2) is 9.33. The van der Waals surface area contributed by atoms with Crippen molar-refractivity contribution in [3.8, 4) is 17.2 Å². The van der Waals surface area contributed by atoms with Gasteiger partial charge >= 0.3 is 11.9 Å². The smallest absolute Gasteiger partial charge is 0.308 e. The van der Waals surface area contributed by atoms with Crippen LogP contribution in [0.25, 0.3) is 21.5 Å². The van der Waals surface area contributed by atoms with Gasteiger partial charge in [-0.2, -0.15) is 0 Å². The third-order valence-electron chi connectivity index (χ3n) is 6.01. The molecule has 0 aliphatic carbocycles. The molecule has 0 saturated heterocycles. The highest BCUT2D eigenvalue weighted by molar-refractivity contribution is 14.1. The summed E-state index contributed by atoms with van der Waals surface area (Å²) in [5.74, 6) is 0.806. The molecule has 3 rings (SSSR count). The third-order valence-corrected chi connectivity index (χ3v) is 12.4. The minimum Gasteiger partial charge on any atom is -0.543 e. The first-order valence-electron chi connectivity index (χ1n) is 10.6. The van der Waals surface area contributed by atoms with Crippen LogP contribution in [0.3, 0.4) is 0 Å².